The molecule has 0 fully saturated rings. The fourth-order valence-corrected chi connectivity index (χ4v) is 3.10. The van der Waals surface area contributed by atoms with Gasteiger partial charge in [-0.2, -0.15) is 0 Å². The predicted octanol–water partition coefficient (Wildman–Crippen LogP) is 3.13. The van der Waals surface area contributed by atoms with Gasteiger partial charge in [-0.3, -0.25) is 4.98 Å². The number of aryl methyl sites for hydroxylation is 1. The second kappa shape index (κ2) is 6.36. The Bertz CT molecular complexity index is 869. The molecule has 0 bridgehead atoms. The summed E-state index contributed by atoms with van der Waals surface area (Å²) >= 11 is 0. The lowest BCUT2D eigenvalue weighted by Gasteiger charge is -2.07. The summed E-state index contributed by atoms with van der Waals surface area (Å²) in [5, 5.41) is 0. The molecule has 0 unspecified atom stereocenters. The van der Waals surface area contributed by atoms with Crippen LogP contribution >= 0.6 is 0 Å². The van der Waals surface area contributed by atoms with Crippen LogP contribution in [-0.4, -0.2) is 13.4 Å². The maximum Gasteiger partial charge on any atom is 0.240 e. The lowest BCUT2D eigenvalue weighted by Crippen LogP contribution is -2.23. The molecule has 3 rings (SSSR count). The fourth-order valence-electron chi connectivity index (χ4n) is 2.08. The number of benzene rings is 1. The summed E-state index contributed by atoms with van der Waals surface area (Å²) in [6, 6.07) is 14.0. The van der Waals surface area contributed by atoms with E-state index in [0.717, 1.165) is 11.1 Å². The molecule has 0 aliphatic heterocycles. The van der Waals surface area contributed by atoms with E-state index >= 15 is 0 Å². The van der Waals surface area contributed by atoms with Gasteiger partial charge in [0.05, 0.1) is 11.2 Å². The van der Waals surface area contributed by atoms with Crippen molar-refractivity contribution in [1.29, 1.82) is 0 Å². The van der Waals surface area contributed by atoms with Crippen molar-refractivity contribution in [2.24, 2.45) is 0 Å². The first-order valence-corrected chi connectivity index (χ1v) is 8.58. The number of furan rings is 1. The van der Waals surface area contributed by atoms with Gasteiger partial charge in [-0.15, -0.1) is 0 Å². The van der Waals surface area contributed by atoms with Crippen LogP contribution in [0.2, 0.25) is 0 Å². The first-order chi connectivity index (χ1) is 11.0. The molecule has 1 aromatic carbocycles. The second-order valence-electron chi connectivity index (χ2n) is 5.17. The highest BCUT2D eigenvalue weighted by atomic mass is 32.2. The quantitative estimate of drug-likeness (QED) is 0.781. The number of nitrogens with zero attached hydrogens (tertiary/aromatic N) is 1. The zero-order valence-electron chi connectivity index (χ0n) is 12.6. The molecule has 5 nitrogen and oxygen atoms in total. The number of pyridine rings is 1. The molecule has 0 aliphatic rings. The monoisotopic (exact) mass is 328 g/mol. The van der Waals surface area contributed by atoms with Crippen LogP contribution in [0.25, 0.3) is 11.5 Å². The third kappa shape index (κ3) is 3.67. The molecule has 0 atom stereocenters. The molecular formula is C17H16N2O3S. The molecule has 0 saturated carbocycles. The van der Waals surface area contributed by atoms with Crippen molar-refractivity contribution in [3.63, 3.8) is 0 Å². The van der Waals surface area contributed by atoms with E-state index in [2.05, 4.69) is 9.71 Å². The van der Waals surface area contributed by atoms with Gasteiger partial charge >= 0.3 is 0 Å². The van der Waals surface area contributed by atoms with Gasteiger partial charge in [0.1, 0.15) is 5.69 Å². The van der Waals surface area contributed by atoms with Crippen LogP contribution in [0.15, 0.2) is 70.3 Å². The third-order valence-electron chi connectivity index (χ3n) is 3.40. The van der Waals surface area contributed by atoms with E-state index in [1.165, 1.54) is 0 Å². The zero-order valence-corrected chi connectivity index (χ0v) is 13.4. The van der Waals surface area contributed by atoms with Crippen molar-refractivity contribution in [1.82, 2.24) is 9.71 Å². The van der Waals surface area contributed by atoms with Gasteiger partial charge in [-0.1, -0.05) is 23.8 Å². The molecule has 0 aliphatic carbocycles. The first kappa shape index (κ1) is 15.5. The fraction of sp³-hybridized carbons (Fsp3) is 0.118. The topological polar surface area (TPSA) is 72.2 Å². The zero-order chi connectivity index (χ0) is 16.3. The highest BCUT2D eigenvalue weighted by molar-refractivity contribution is 7.89. The van der Waals surface area contributed by atoms with E-state index in [4.69, 9.17) is 4.42 Å². The van der Waals surface area contributed by atoms with Crippen LogP contribution in [0, 0.1) is 6.92 Å². The highest BCUT2D eigenvalue weighted by Gasteiger charge is 2.13. The molecule has 2 aromatic heterocycles. The van der Waals surface area contributed by atoms with Gasteiger partial charge in [0, 0.05) is 12.7 Å². The Morgan fingerprint density at radius 2 is 1.87 bits per heavy atom. The van der Waals surface area contributed by atoms with Crippen molar-refractivity contribution in [2.75, 3.05) is 0 Å². The third-order valence-corrected chi connectivity index (χ3v) is 4.81. The van der Waals surface area contributed by atoms with Gasteiger partial charge in [-0.05, 0) is 42.8 Å². The molecule has 0 spiro atoms. The average molecular weight is 328 g/mol. The van der Waals surface area contributed by atoms with Crippen molar-refractivity contribution in [3.8, 4) is 11.5 Å². The summed E-state index contributed by atoms with van der Waals surface area (Å²) in [4.78, 5) is 4.53. The summed E-state index contributed by atoms with van der Waals surface area (Å²) in [6.07, 6.45) is 3.22. The standard InChI is InChI=1S/C17H16N2O3S/c1-13-4-7-15(8-5-13)23(20,21)19-12-14-6-9-16(18-11-14)17-3-2-10-22-17/h2-11,19H,12H2,1H3. The summed E-state index contributed by atoms with van der Waals surface area (Å²) in [5.41, 5.74) is 2.50. The Hall–Kier alpha value is -2.44. The minimum Gasteiger partial charge on any atom is -0.463 e. The molecule has 0 saturated heterocycles. The Morgan fingerprint density at radius 3 is 2.48 bits per heavy atom. The van der Waals surface area contributed by atoms with Gasteiger partial charge < -0.3 is 4.42 Å². The molecule has 1 N–H and O–H groups in total. The lowest BCUT2D eigenvalue weighted by molar-refractivity contribution is 0.578. The van der Waals surface area contributed by atoms with Gasteiger partial charge in [0.15, 0.2) is 5.76 Å². The van der Waals surface area contributed by atoms with E-state index in [9.17, 15) is 8.42 Å². The Morgan fingerprint density at radius 1 is 1.09 bits per heavy atom. The molecule has 3 aromatic rings. The maximum absolute atomic E-state index is 12.2. The number of rotatable bonds is 5. The number of aromatic nitrogens is 1. The summed E-state index contributed by atoms with van der Waals surface area (Å²) in [5.74, 6) is 0.678. The van der Waals surface area contributed by atoms with Crippen molar-refractivity contribution in [3.05, 3.63) is 72.1 Å². The maximum atomic E-state index is 12.2. The average Bonchev–Trinajstić information content (AvgIpc) is 3.08. The predicted molar refractivity (Wildman–Crippen MR) is 87.1 cm³/mol. The second-order valence-corrected chi connectivity index (χ2v) is 6.93. The summed E-state index contributed by atoms with van der Waals surface area (Å²) < 4.78 is 32.3. The van der Waals surface area contributed by atoms with Crippen LogP contribution in [-0.2, 0) is 16.6 Å². The van der Waals surface area contributed by atoms with Crippen LogP contribution in [0.3, 0.4) is 0 Å². The molecule has 0 radical (unpaired) electrons. The Balaban J connectivity index is 1.69. The van der Waals surface area contributed by atoms with Crippen LogP contribution in [0.5, 0.6) is 0 Å². The largest absolute Gasteiger partial charge is 0.463 e. The van der Waals surface area contributed by atoms with E-state index in [-0.39, 0.29) is 11.4 Å². The van der Waals surface area contributed by atoms with E-state index < -0.39 is 10.0 Å². The normalized spacial score (nSPS) is 11.5. The van der Waals surface area contributed by atoms with Crippen molar-refractivity contribution >= 4 is 10.0 Å². The molecule has 23 heavy (non-hydrogen) atoms. The highest BCUT2D eigenvalue weighted by Crippen LogP contribution is 2.17. The van der Waals surface area contributed by atoms with Gasteiger partial charge in [-0.25, -0.2) is 13.1 Å². The van der Waals surface area contributed by atoms with Crippen LogP contribution in [0.4, 0.5) is 0 Å². The van der Waals surface area contributed by atoms with E-state index in [1.54, 1.807) is 48.9 Å². The lowest BCUT2D eigenvalue weighted by atomic mass is 10.2. The van der Waals surface area contributed by atoms with Crippen LogP contribution in [0.1, 0.15) is 11.1 Å². The number of nitrogens with one attached hydrogen (secondary N) is 1. The van der Waals surface area contributed by atoms with Crippen molar-refractivity contribution < 1.29 is 12.8 Å². The minimum atomic E-state index is -3.52. The molecule has 6 heteroatoms. The number of hydrogen-bond acceptors (Lipinski definition) is 4. The van der Waals surface area contributed by atoms with Gasteiger partial charge in [0.25, 0.3) is 0 Å². The molecular weight excluding hydrogens is 312 g/mol. The first-order valence-electron chi connectivity index (χ1n) is 7.10. The SMILES string of the molecule is Cc1ccc(S(=O)(=O)NCc2ccc(-c3ccco3)nc2)cc1. The van der Waals surface area contributed by atoms with Gasteiger partial charge in [0.2, 0.25) is 10.0 Å². The summed E-state index contributed by atoms with van der Waals surface area (Å²) in [7, 11) is -3.52. The smallest absolute Gasteiger partial charge is 0.240 e. The number of hydrogen-bond donors (Lipinski definition) is 1. The van der Waals surface area contributed by atoms with Crippen molar-refractivity contribution in [2.45, 2.75) is 18.4 Å². The Kier molecular flexibility index (Phi) is 4.27. The van der Waals surface area contributed by atoms with Crippen LogP contribution < -0.4 is 4.72 Å². The Labute approximate surface area is 135 Å². The summed E-state index contributed by atoms with van der Waals surface area (Å²) in [6.45, 7) is 2.09. The van der Waals surface area contributed by atoms with E-state index in [1.807, 2.05) is 19.1 Å². The molecule has 0 amide bonds. The number of sulfonamides is 1. The molecule has 118 valence electrons. The van der Waals surface area contributed by atoms with E-state index in [0.29, 0.717) is 11.5 Å². The molecule has 2 heterocycles. The minimum absolute atomic E-state index is 0.182.